The van der Waals surface area contributed by atoms with Crippen molar-refractivity contribution < 1.29 is 38.4 Å². The second-order valence-electron chi connectivity index (χ2n) is 12.7. The van der Waals surface area contributed by atoms with Crippen LogP contribution in [-0.4, -0.2) is 108 Å². The Labute approximate surface area is 311 Å². The number of aromatic amines is 1. The van der Waals surface area contributed by atoms with E-state index in [1.54, 1.807) is 6.07 Å². The highest BCUT2D eigenvalue weighted by Gasteiger charge is 2.32. The molecule has 0 bridgehead atoms. The van der Waals surface area contributed by atoms with Gasteiger partial charge >= 0.3 is 0 Å². The molecule has 0 spiro atoms. The van der Waals surface area contributed by atoms with Gasteiger partial charge in [0.2, 0.25) is 47.3 Å². The van der Waals surface area contributed by atoms with Crippen LogP contribution < -0.4 is 42.5 Å². The Bertz CT molecular complexity index is 1810. The molecule has 54 heavy (non-hydrogen) atoms. The molecule has 2 heterocycles. The molecule has 3 aromatic rings. The SMILES string of the molecule is CC(=O)NCC(=O)N[C@H]1CC(=O)NCCCCCNC(=O)CNC(=O)CNC(=O)[C@@H](Cc2cccc3ccccc23)NC(=O)[C@H](Cc2cnc[nH]2)NC1=O. The number of carbonyl (C=O) groups is 8. The first kappa shape index (κ1) is 40.4. The Kier molecular flexibility index (Phi) is 15.5. The average Bonchev–Trinajstić information content (AvgIpc) is 3.67. The van der Waals surface area contributed by atoms with Gasteiger partial charge in [0.1, 0.15) is 18.1 Å². The van der Waals surface area contributed by atoms with Crippen molar-refractivity contribution in [3.63, 3.8) is 0 Å². The van der Waals surface area contributed by atoms with E-state index in [1.807, 2.05) is 36.4 Å². The smallest absolute Gasteiger partial charge is 0.243 e. The van der Waals surface area contributed by atoms with Crippen LogP contribution in [0.4, 0.5) is 0 Å². The zero-order valence-corrected chi connectivity index (χ0v) is 29.9. The van der Waals surface area contributed by atoms with Gasteiger partial charge in [-0.3, -0.25) is 38.4 Å². The minimum atomic E-state index is -1.45. The number of nitrogens with zero attached hydrogens (tertiary/aromatic N) is 1. The van der Waals surface area contributed by atoms with Crippen molar-refractivity contribution in [2.24, 2.45) is 0 Å². The molecule has 0 radical (unpaired) electrons. The molecule has 4 rings (SSSR count). The molecule has 288 valence electrons. The van der Waals surface area contributed by atoms with Crippen LogP contribution in [0.5, 0.6) is 0 Å². The number of imidazole rings is 1. The lowest BCUT2D eigenvalue weighted by Crippen LogP contribution is -2.59. The van der Waals surface area contributed by atoms with Gasteiger partial charge in [-0.2, -0.15) is 0 Å². The van der Waals surface area contributed by atoms with E-state index in [0.717, 1.165) is 10.8 Å². The summed E-state index contributed by atoms with van der Waals surface area (Å²) in [4.78, 5) is 110. The van der Waals surface area contributed by atoms with Gasteiger partial charge in [-0.05, 0) is 35.6 Å². The van der Waals surface area contributed by atoms with Gasteiger partial charge in [-0.25, -0.2) is 4.98 Å². The summed E-state index contributed by atoms with van der Waals surface area (Å²) in [5, 5.41) is 22.2. The van der Waals surface area contributed by atoms with E-state index >= 15 is 0 Å². The van der Waals surface area contributed by atoms with Gasteiger partial charge in [0, 0.05) is 44.7 Å². The second kappa shape index (κ2) is 20.6. The third-order valence-electron chi connectivity index (χ3n) is 8.46. The van der Waals surface area contributed by atoms with Crippen LogP contribution in [0.2, 0.25) is 0 Å². The van der Waals surface area contributed by atoms with Crippen molar-refractivity contribution in [2.75, 3.05) is 32.7 Å². The maximum atomic E-state index is 14.1. The maximum absolute atomic E-state index is 14.1. The van der Waals surface area contributed by atoms with E-state index in [9.17, 15) is 38.4 Å². The Morgan fingerprint density at radius 2 is 1.41 bits per heavy atom. The van der Waals surface area contributed by atoms with E-state index in [1.165, 1.54) is 19.4 Å². The molecule has 0 unspecified atom stereocenters. The van der Waals surface area contributed by atoms with Crippen LogP contribution in [0, 0.1) is 0 Å². The number of carbonyl (C=O) groups excluding carboxylic acids is 8. The molecule has 1 aliphatic heterocycles. The number of hydrogen-bond donors (Lipinski definition) is 9. The monoisotopic (exact) mass is 746 g/mol. The third kappa shape index (κ3) is 13.3. The number of hydrogen-bond acceptors (Lipinski definition) is 9. The highest BCUT2D eigenvalue weighted by Crippen LogP contribution is 2.20. The van der Waals surface area contributed by atoms with E-state index in [2.05, 4.69) is 52.5 Å². The average molecular weight is 747 g/mol. The number of nitrogens with one attached hydrogen (secondary N) is 9. The molecule has 8 amide bonds. The molecule has 1 fully saturated rings. The van der Waals surface area contributed by atoms with Crippen LogP contribution in [0.3, 0.4) is 0 Å². The summed E-state index contributed by atoms with van der Waals surface area (Å²) in [5.74, 6) is -5.20. The summed E-state index contributed by atoms with van der Waals surface area (Å²) in [5.41, 5.74) is 1.17. The molecule has 18 nitrogen and oxygen atoms in total. The maximum Gasteiger partial charge on any atom is 0.243 e. The van der Waals surface area contributed by atoms with E-state index in [-0.39, 0.29) is 25.9 Å². The minimum Gasteiger partial charge on any atom is -0.356 e. The molecule has 0 aliphatic carbocycles. The Morgan fingerprint density at radius 1 is 0.741 bits per heavy atom. The summed E-state index contributed by atoms with van der Waals surface area (Å²) >= 11 is 0. The zero-order chi connectivity index (χ0) is 38.9. The fourth-order valence-corrected chi connectivity index (χ4v) is 5.66. The molecule has 1 aromatic heterocycles. The minimum absolute atomic E-state index is 0.00429. The van der Waals surface area contributed by atoms with Gasteiger partial charge < -0.3 is 47.5 Å². The predicted octanol–water partition coefficient (Wildman–Crippen LogP) is -2.02. The second-order valence-corrected chi connectivity index (χ2v) is 12.7. The summed E-state index contributed by atoms with van der Waals surface area (Å²) in [7, 11) is 0. The summed E-state index contributed by atoms with van der Waals surface area (Å²) in [6, 6.07) is 8.96. The van der Waals surface area contributed by atoms with Gasteiger partial charge in [-0.1, -0.05) is 42.5 Å². The molecule has 9 N–H and O–H groups in total. The fraction of sp³-hybridized carbons (Fsp3) is 0.417. The number of benzene rings is 2. The first-order valence-corrected chi connectivity index (χ1v) is 17.6. The third-order valence-corrected chi connectivity index (χ3v) is 8.46. The van der Waals surface area contributed by atoms with Crippen LogP contribution >= 0.6 is 0 Å². The van der Waals surface area contributed by atoms with Gasteiger partial charge in [-0.15, -0.1) is 0 Å². The quantitative estimate of drug-likeness (QED) is 0.129. The molecule has 3 atom stereocenters. The predicted molar refractivity (Wildman–Crippen MR) is 195 cm³/mol. The molecule has 0 saturated carbocycles. The van der Waals surface area contributed by atoms with Crippen LogP contribution in [0.1, 0.15) is 43.9 Å². The highest BCUT2D eigenvalue weighted by molar-refractivity contribution is 5.97. The lowest BCUT2D eigenvalue weighted by Gasteiger charge is -2.25. The van der Waals surface area contributed by atoms with E-state index in [4.69, 9.17) is 0 Å². The summed E-state index contributed by atoms with van der Waals surface area (Å²) in [6.45, 7) is 0.547. The first-order valence-electron chi connectivity index (χ1n) is 17.6. The number of amides is 8. The topological polar surface area (TPSA) is 261 Å². The Hall–Kier alpha value is -6.33. The van der Waals surface area contributed by atoms with Gasteiger partial charge in [0.25, 0.3) is 0 Å². The molecule has 1 saturated heterocycles. The van der Waals surface area contributed by atoms with Gasteiger partial charge in [0.15, 0.2) is 0 Å². The van der Waals surface area contributed by atoms with Crippen molar-refractivity contribution in [1.29, 1.82) is 0 Å². The van der Waals surface area contributed by atoms with Crippen molar-refractivity contribution >= 4 is 58.0 Å². The Balaban J connectivity index is 1.63. The molecule has 1 aliphatic rings. The largest absolute Gasteiger partial charge is 0.356 e. The van der Waals surface area contributed by atoms with E-state index in [0.29, 0.717) is 37.1 Å². The normalized spacial score (nSPS) is 20.3. The number of fused-ring (bicyclic) bond motifs is 1. The molecule has 2 aromatic carbocycles. The lowest BCUT2D eigenvalue weighted by molar-refractivity contribution is -0.135. The highest BCUT2D eigenvalue weighted by atomic mass is 16.2. The van der Waals surface area contributed by atoms with Crippen LogP contribution in [-0.2, 0) is 51.2 Å². The van der Waals surface area contributed by atoms with Crippen molar-refractivity contribution in [2.45, 2.75) is 63.6 Å². The number of H-pyrrole nitrogens is 1. The number of aromatic nitrogens is 2. The Morgan fingerprint density at radius 3 is 2.15 bits per heavy atom. The molecular weight excluding hydrogens is 700 g/mol. The number of rotatable bonds is 7. The van der Waals surface area contributed by atoms with Crippen molar-refractivity contribution in [3.8, 4) is 0 Å². The lowest BCUT2D eigenvalue weighted by atomic mass is 9.98. The van der Waals surface area contributed by atoms with Crippen molar-refractivity contribution in [3.05, 3.63) is 66.2 Å². The molecule has 18 heteroatoms. The van der Waals surface area contributed by atoms with Crippen LogP contribution in [0.25, 0.3) is 10.8 Å². The van der Waals surface area contributed by atoms with Gasteiger partial charge in [0.05, 0.1) is 32.4 Å². The van der Waals surface area contributed by atoms with E-state index < -0.39 is 84.9 Å². The van der Waals surface area contributed by atoms with Crippen molar-refractivity contribution in [1.82, 2.24) is 52.5 Å². The first-order chi connectivity index (χ1) is 26.0. The summed E-state index contributed by atoms with van der Waals surface area (Å²) in [6.07, 6.45) is 4.00. The molecular formula is C36H46N10O8. The standard InChI is InChI=1S/C36H46N10O8/c1-22(47)40-20-33(51)44-29-16-30(48)38-12-5-2-6-13-39-31(49)18-41-32(50)19-42-34(52)27(14-24-10-7-9-23-8-3-4-11-26(23)24)45-35(53)28(46-36(29)54)15-25-17-37-21-43-25/h3-4,7-11,17,21,27-29H,2,5-6,12-16,18-20H2,1H3,(H,37,43)(H,38,48)(H,39,49)(H,40,47)(H,41,50)(H,42,52)(H,44,51)(H,45,53)(H,46,54)/t27-,28+,29+/m1/s1. The summed E-state index contributed by atoms with van der Waals surface area (Å²) < 4.78 is 0. The fourth-order valence-electron chi connectivity index (χ4n) is 5.66. The van der Waals surface area contributed by atoms with Crippen LogP contribution in [0.15, 0.2) is 55.0 Å². The zero-order valence-electron chi connectivity index (χ0n) is 29.9.